The van der Waals surface area contributed by atoms with E-state index >= 15 is 0 Å². The second-order valence-corrected chi connectivity index (χ2v) is 3.35. The van der Waals surface area contributed by atoms with Gasteiger partial charge in [-0.15, -0.1) is 0 Å². The third-order valence-electron chi connectivity index (χ3n) is 1.71. The van der Waals surface area contributed by atoms with E-state index in [1.165, 1.54) is 0 Å². The number of rotatable bonds is 2. The topological polar surface area (TPSA) is 41.6 Å². The van der Waals surface area contributed by atoms with Gasteiger partial charge in [0.2, 0.25) is 0 Å². The molecule has 0 bridgehead atoms. The Morgan fingerprint density at radius 2 is 2.33 bits per heavy atom. The molecule has 0 aliphatic heterocycles. The molecule has 0 aliphatic rings. The van der Waals surface area contributed by atoms with Gasteiger partial charge in [-0.05, 0) is 18.4 Å². The van der Waals surface area contributed by atoms with E-state index in [1.54, 1.807) is 4.68 Å². The van der Waals surface area contributed by atoms with Crippen LogP contribution in [0.25, 0.3) is 0 Å². The number of aryl methyl sites for hydroxylation is 1. The van der Waals surface area contributed by atoms with Crippen molar-refractivity contribution in [3.8, 4) is 6.07 Å². The molecule has 3 heteroatoms. The second-order valence-electron chi connectivity index (χ2n) is 3.35. The quantitative estimate of drug-likeness (QED) is 0.662. The Bertz CT molecular complexity index is 304. The number of nitrogens with zero attached hydrogens (tertiary/aromatic N) is 3. The average molecular weight is 163 g/mol. The van der Waals surface area contributed by atoms with Crippen LogP contribution in [0.15, 0.2) is 6.07 Å². The van der Waals surface area contributed by atoms with Crippen LogP contribution in [0.5, 0.6) is 0 Å². The van der Waals surface area contributed by atoms with Crippen molar-refractivity contribution in [2.75, 3.05) is 0 Å². The molecule has 1 aromatic heterocycles. The summed E-state index contributed by atoms with van der Waals surface area (Å²) >= 11 is 0. The Morgan fingerprint density at radius 3 is 2.75 bits per heavy atom. The SMILES string of the molecule is CC(C)Cc1cc(C#N)nn1C. The van der Waals surface area contributed by atoms with Crippen molar-refractivity contribution in [2.24, 2.45) is 13.0 Å². The Hall–Kier alpha value is -1.30. The van der Waals surface area contributed by atoms with E-state index in [-0.39, 0.29) is 0 Å². The molecule has 0 spiro atoms. The summed E-state index contributed by atoms with van der Waals surface area (Å²) in [6, 6.07) is 3.88. The zero-order valence-corrected chi connectivity index (χ0v) is 7.70. The van der Waals surface area contributed by atoms with Gasteiger partial charge >= 0.3 is 0 Å². The molecule has 1 aromatic rings. The fraction of sp³-hybridized carbons (Fsp3) is 0.556. The van der Waals surface area contributed by atoms with Crippen LogP contribution in [0.4, 0.5) is 0 Å². The maximum atomic E-state index is 8.58. The van der Waals surface area contributed by atoms with Crippen LogP contribution in [0.1, 0.15) is 25.2 Å². The molecular formula is C9H13N3. The van der Waals surface area contributed by atoms with Crippen LogP contribution in [-0.2, 0) is 13.5 Å². The monoisotopic (exact) mass is 163 g/mol. The minimum absolute atomic E-state index is 0.508. The zero-order valence-electron chi connectivity index (χ0n) is 7.70. The standard InChI is InChI=1S/C9H13N3/c1-7(2)4-9-5-8(6-10)11-12(9)3/h5,7H,4H2,1-3H3. The van der Waals surface area contributed by atoms with Gasteiger partial charge in [0.05, 0.1) is 0 Å². The van der Waals surface area contributed by atoms with Crippen LogP contribution in [-0.4, -0.2) is 9.78 Å². The first-order valence-corrected chi connectivity index (χ1v) is 4.06. The van der Waals surface area contributed by atoms with E-state index in [9.17, 15) is 0 Å². The summed E-state index contributed by atoms with van der Waals surface area (Å²) in [5, 5.41) is 12.6. The lowest BCUT2D eigenvalue weighted by atomic mass is 10.1. The highest BCUT2D eigenvalue weighted by molar-refractivity contribution is 5.22. The molecule has 64 valence electrons. The Kier molecular flexibility index (Phi) is 2.49. The number of nitriles is 1. The van der Waals surface area contributed by atoms with Crippen molar-refractivity contribution in [2.45, 2.75) is 20.3 Å². The first-order chi connectivity index (χ1) is 5.63. The molecule has 0 fully saturated rings. The van der Waals surface area contributed by atoms with Crippen LogP contribution < -0.4 is 0 Å². The van der Waals surface area contributed by atoms with E-state index in [1.807, 2.05) is 19.2 Å². The lowest BCUT2D eigenvalue weighted by Crippen LogP contribution is -2.02. The molecule has 1 heterocycles. The van der Waals surface area contributed by atoms with Crippen molar-refractivity contribution in [1.29, 1.82) is 5.26 Å². The van der Waals surface area contributed by atoms with E-state index in [4.69, 9.17) is 5.26 Å². The van der Waals surface area contributed by atoms with E-state index < -0.39 is 0 Å². The molecule has 1 rings (SSSR count). The van der Waals surface area contributed by atoms with Crippen LogP contribution in [0, 0.1) is 17.2 Å². The third kappa shape index (κ3) is 1.85. The lowest BCUT2D eigenvalue weighted by molar-refractivity contribution is 0.595. The van der Waals surface area contributed by atoms with E-state index in [2.05, 4.69) is 18.9 Å². The van der Waals surface area contributed by atoms with Gasteiger partial charge in [-0.3, -0.25) is 4.68 Å². The fourth-order valence-electron chi connectivity index (χ4n) is 1.17. The number of hydrogen-bond donors (Lipinski definition) is 0. The molecule has 0 atom stereocenters. The number of hydrogen-bond acceptors (Lipinski definition) is 2. The fourth-order valence-corrected chi connectivity index (χ4v) is 1.17. The highest BCUT2D eigenvalue weighted by atomic mass is 15.3. The maximum Gasteiger partial charge on any atom is 0.162 e. The van der Waals surface area contributed by atoms with E-state index in [0.29, 0.717) is 11.6 Å². The van der Waals surface area contributed by atoms with Crippen molar-refractivity contribution in [3.63, 3.8) is 0 Å². The molecule has 0 aromatic carbocycles. The first-order valence-electron chi connectivity index (χ1n) is 4.06. The Labute approximate surface area is 72.6 Å². The van der Waals surface area contributed by atoms with Gasteiger partial charge in [0.25, 0.3) is 0 Å². The van der Waals surface area contributed by atoms with Gasteiger partial charge in [-0.25, -0.2) is 0 Å². The lowest BCUT2D eigenvalue weighted by Gasteiger charge is -2.03. The summed E-state index contributed by atoms with van der Waals surface area (Å²) in [6.45, 7) is 4.30. The minimum atomic E-state index is 0.508. The van der Waals surface area contributed by atoms with Crippen molar-refractivity contribution in [3.05, 3.63) is 17.5 Å². The van der Waals surface area contributed by atoms with Gasteiger partial charge in [-0.1, -0.05) is 13.8 Å². The smallest absolute Gasteiger partial charge is 0.162 e. The van der Waals surface area contributed by atoms with Gasteiger partial charge in [0.15, 0.2) is 5.69 Å². The summed E-state index contributed by atoms with van der Waals surface area (Å²) in [5.74, 6) is 0.604. The van der Waals surface area contributed by atoms with Crippen LogP contribution in [0.2, 0.25) is 0 Å². The summed E-state index contributed by atoms with van der Waals surface area (Å²) in [6.07, 6.45) is 0.977. The molecule has 0 aliphatic carbocycles. The van der Waals surface area contributed by atoms with Gasteiger partial charge in [0, 0.05) is 12.7 Å². The third-order valence-corrected chi connectivity index (χ3v) is 1.71. The normalized spacial score (nSPS) is 10.2. The molecule has 0 saturated heterocycles. The predicted octanol–water partition coefficient (Wildman–Crippen LogP) is 1.49. The van der Waals surface area contributed by atoms with Crippen molar-refractivity contribution < 1.29 is 0 Å². The highest BCUT2D eigenvalue weighted by Crippen LogP contribution is 2.08. The second kappa shape index (κ2) is 3.40. The summed E-state index contributed by atoms with van der Waals surface area (Å²) in [5.41, 5.74) is 1.63. The van der Waals surface area contributed by atoms with Crippen LogP contribution in [0.3, 0.4) is 0 Å². The summed E-state index contributed by atoms with van der Waals surface area (Å²) in [4.78, 5) is 0. The average Bonchev–Trinajstić information content (AvgIpc) is 2.31. The molecule has 0 unspecified atom stereocenters. The largest absolute Gasteiger partial charge is 0.271 e. The van der Waals surface area contributed by atoms with Crippen LogP contribution >= 0.6 is 0 Å². The van der Waals surface area contributed by atoms with Gasteiger partial charge in [0.1, 0.15) is 6.07 Å². The van der Waals surface area contributed by atoms with E-state index in [0.717, 1.165) is 12.1 Å². The first kappa shape index (κ1) is 8.79. The summed E-state index contributed by atoms with van der Waals surface area (Å²) < 4.78 is 1.78. The van der Waals surface area contributed by atoms with Gasteiger partial charge < -0.3 is 0 Å². The predicted molar refractivity (Wildman–Crippen MR) is 46.5 cm³/mol. The maximum absolute atomic E-state index is 8.58. The molecule has 3 nitrogen and oxygen atoms in total. The molecule has 0 saturated carbocycles. The summed E-state index contributed by atoms with van der Waals surface area (Å²) in [7, 11) is 1.87. The molecule has 0 radical (unpaired) electrons. The highest BCUT2D eigenvalue weighted by Gasteiger charge is 2.05. The molecule has 0 N–H and O–H groups in total. The Balaban J connectivity index is 2.86. The molecule has 12 heavy (non-hydrogen) atoms. The van der Waals surface area contributed by atoms with Crippen molar-refractivity contribution >= 4 is 0 Å². The Morgan fingerprint density at radius 1 is 1.67 bits per heavy atom. The molecule has 0 amide bonds. The van der Waals surface area contributed by atoms with Crippen molar-refractivity contribution in [1.82, 2.24) is 9.78 Å². The van der Waals surface area contributed by atoms with Gasteiger partial charge in [-0.2, -0.15) is 10.4 Å². The number of aromatic nitrogens is 2. The molecular weight excluding hydrogens is 150 g/mol. The minimum Gasteiger partial charge on any atom is -0.271 e. The zero-order chi connectivity index (χ0) is 9.14.